The smallest absolute Gasteiger partial charge is 0.308 e. The summed E-state index contributed by atoms with van der Waals surface area (Å²) in [5, 5.41) is 12.8. The number of carboxylic acids is 1. The van der Waals surface area contributed by atoms with Crippen molar-refractivity contribution in [3.8, 4) is 11.5 Å². The summed E-state index contributed by atoms with van der Waals surface area (Å²) in [5.74, 6) is 0.676. The first-order chi connectivity index (χ1) is 9.63. The lowest BCUT2D eigenvalue weighted by Gasteiger charge is -2.16. The van der Waals surface area contributed by atoms with Crippen LogP contribution in [0.1, 0.15) is 12.2 Å². The fourth-order valence-corrected chi connectivity index (χ4v) is 2.31. The van der Waals surface area contributed by atoms with E-state index < -0.39 is 5.97 Å². The second-order valence-electron chi connectivity index (χ2n) is 4.82. The average molecular weight is 274 g/mol. The number of carbonyl (C=O) groups is 1. The molecule has 7 heteroatoms. The van der Waals surface area contributed by atoms with Gasteiger partial charge < -0.3 is 14.5 Å². The SMILES string of the molecule is Cc1noc(-c2ccnc(N3CC[C@@H](C(=O)O)C3)c2)n1. The van der Waals surface area contributed by atoms with Gasteiger partial charge in [-0.2, -0.15) is 4.98 Å². The lowest BCUT2D eigenvalue weighted by atomic mass is 10.1. The highest BCUT2D eigenvalue weighted by Crippen LogP contribution is 2.26. The molecule has 3 rings (SSSR count). The molecule has 2 aromatic heterocycles. The van der Waals surface area contributed by atoms with Gasteiger partial charge in [-0.15, -0.1) is 0 Å². The Kier molecular flexibility index (Phi) is 3.09. The minimum absolute atomic E-state index is 0.328. The molecule has 1 saturated heterocycles. The second-order valence-corrected chi connectivity index (χ2v) is 4.82. The van der Waals surface area contributed by atoms with Gasteiger partial charge in [-0.05, 0) is 25.5 Å². The monoisotopic (exact) mass is 274 g/mol. The summed E-state index contributed by atoms with van der Waals surface area (Å²) in [5.41, 5.74) is 0.786. The highest BCUT2D eigenvalue weighted by Gasteiger charge is 2.28. The Balaban J connectivity index is 1.83. The molecule has 2 aromatic rings. The highest BCUT2D eigenvalue weighted by atomic mass is 16.5. The van der Waals surface area contributed by atoms with E-state index in [1.807, 2.05) is 11.0 Å². The Bertz CT molecular complexity index is 640. The highest BCUT2D eigenvalue weighted by molar-refractivity contribution is 5.72. The van der Waals surface area contributed by atoms with Gasteiger partial charge in [0.15, 0.2) is 5.82 Å². The maximum Gasteiger partial charge on any atom is 0.308 e. The van der Waals surface area contributed by atoms with Gasteiger partial charge in [0.1, 0.15) is 5.82 Å². The maximum atomic E-state index is 11.0. The zero-order chi connectivity index (χ0) is 14.1. The van der Waals surface area contributed by atoms with Crippen molar-refractivity contribution in [3.63, 3.8) is 0 Å². The standard InChI is InChI=1S/C13H14N4O3/c1-8-15-12(20-16-8)9-2-4-14-11(6-9)17-5-3-10(7-17)13(18)19/h2,4,6,10H,3,5,7H2,1H3,(H,18,19)/t10-/m1/s1. The van der Waals surface area contributed by atoms with Gasteiger partial charge in [0.2, 0.25) is 0 Å². The first-order valence-corrected chi connectivity index (χ1v) is 6.38. The Morgan fingerprint density at radius 1 is 1.55 bits per heavy atom. The van der Waals surface area contributed by atoms with E-state index in [2.05, 4.69) is 15.1 Å². The summed E-state index contributed by atoms with van der Waals surface area (Å²) in [6.45, 7) is 2.93. The molecule has 0 bridgehead atoms. The molecule has 0 radical (unpaired) electrons. The van der Waals surface area contributed by atoms with Crippen LogP contribution in [0.25, 0.3) is 11.5 Å². The molecule has 0 saturated carbocycles. The third-order valence-corrected chi connectivity index (χ3v) is 3.38. The molecule has 7 nitrogen and oxygen atoms in total. The average Bonchev–Trinajstić information content (AvgIpc) is 3.07. The van der Waals surface area contributed by atoms with E-state index in [0.29, 0.717) is 31.2 Å². The Morgan fingerprint density at radius 3 is 3.05 bits per heavy atom. The molecule has 0 aliphatic carbocycles. The predicted octanol–water partition coefficient (Wildman–Crippen LogP) is 1.35. The fraction of sp³-hybridized carbons (Fsp3) is 0.385. The first-order valence-electron chi connectivity index (χ1n) is 6.38. The molecule has 1 aliphatic rings. The van der Waals surface area contributed by atoms with E-state index in [-0.39, 0.29) is 5.92 Å². The Labute approximate surface area is 115 Å². The van der Waals surface area contributed by atoms with Crippen molar-refractivity contribution in [1.29, 1.82) is 0 Å². The normalized spacial score (nSPS) is 18.4. The van der Waals surface area contributed by atoms with E-state index in [1.54, 1.807) is 19.2 Å². The summed E-state index contributed by atoms with van der Waals surface area (Å²) >= 11 is 0. The molecular formula is C13H14N4O3. The number of pyridine rings is 1. The molecule has 0 amide bonds. The van der Waals surface area contributed by atoms with Crippen molar-refractivity contribution in [2.75, 3.05) is 18.0 Å². The first kappa shape index (κ1) is 12.6. The number of hydrogen-bond donors (Lipinski definition) is 1. The summed E-state index contributed by atoms with van der Waals surface area (Å²) < 4.78 is 5.13. The fourth-order valence-electron chi connectivity index (χ4n) is 2.31. The van der Waals surface area contributed by atoms with E-state index in [0.717, 1.165) is 11.4 Å². The number of aryl methyl sites for hydroxylation is 1. The molecule has 0 spiro atoms. The van der Waals surface area contributed by atoms with Gasteiger partial charge in [-0.1, -0.05) is 5.16 Å². The van der Waals surface area contributed by atoms with Crippen molar-refractivity contribution in [1.82, 2.24) is 15.1 Å². The summed E-state index contributed by atoms with van der Waals surface area (Å²) in [4.78, 5) is 21.4. The number of aliphatic carboxylic acids is 1. The van der Waals surface area contributed by atoms with E-state index >= 15 is 0 Å². The molecule has 1 fully saturated rings. The van der Waals surface area contributed by atoms with Crippen molar-refractivity contribution >= 4 is 11.8 Å². The molecule has 3 heterocycles. The van der Waals surface area contributed by atoms with Crippen LogP contribution >= 0.6 is 0 Å². The van der Waals surface area contributed by atoms with Crippen molar-refractivity contribution in [3.05, 3.63) is 24.2 Å². The summed E-state index contributed by atoms with van der Waals surface area (Å²) in [6, 6.07) is 3.64. The predicted molar refractivity (Wildman–Crippen MR) is 70.2 cm³/mol. The van der Waals surface area contributed by atoms with E-state index in [9.17, 15) is 4.79 Å². The van der Waals surface area contributed by atoms with Crippen LogP contribution in [0.3, 0.4) is 0 Å². The molecular weight excluding hydrogens is 260 g/mol. The van der Waals surface area contributed by atoms with Crippen LogP contribution in [0.2, 0.25) is 0 Å². The molecule has 20 heavy (non-hydrogen) atoms. The van der Waals surface area contributed by atoms with Gasteiger partial charge in [0, 0.05) is 24.8 Å². The van der Waals surface area contributed by atoms with Crippen LogP contribution in [0, 0.1) is 12.8 Å². The van der Waals surface area contributed by atoms with Gasteiger partial charge >= 0.3 is 5.97 Å². The number of hydrogen-bond acceptors (Lipinski definition) is 6. The lowest BCUT2D eigenvalue weighted by molar-refractivity contribution is -0.140. The topological polar surface area (TPSA) is 92.4 Å². The van der Waals surface area contributed by atoms with Crippen molar-refractivity contribution in [2.45, 2.75) is 13.3 Å². The molecule has 1 aliphatic heterocycles. The van der Waals surface area contributed by atoms with Crippen LogP contribution in [0.15, 0.2) is 22.9 Å². The zero-order valence-corrected chi connectivity index (χ0v) is 11.0. The maximum absolute atomic E-state index is 11.0. The van der Waals surface area contributed by atoms with Gasteiger partial charge in [-0.25, -0.2) is 4.98 Å². The molecule has 1 N–H and O–H groups in total. The van der Waals surface area contributed by atoms with Crippen LogP contribution in [-0.4, -0.2) is 39.3 Å². The quantitative estimate of drug-likeness (QED) is 0.903. The van der Waals surface area contributed by atoms with Gasteiger partial charge in [-0.3, -0.25) is 4.79 Å². The van der Waals surface area contributed by atoms with Crippen molar-refractivity contribution in [2.24, 2.45) is 5.92 Å². The van der Waals surface area contributed by atoms with Crippen LogP contribution in [-0.2, 0) is 4.79 Å². The Hall–Kier alpha value is -2.44. The third kappa shape index (κ3) is 2.34. The Morgan fingerprint density at radius 2 is 2.40 bits per heavy atom. The molecule has 1 atom stereocenters. The minimum Gasteiger partial charge on any atom is -0.481 e. The van der Waals surface area contributed by atoms with Crippen LogP contribution < -0.4 is 4.90 Å². The molecule has 0 unspecified atom stereocenters. The molecule has 0 aromatic carbocycles. The number of anilines is 1. The van der Waals surface area contributed by atoms with Crippen LogP contribution in [0.5, 0.6) is 0 Å². The zero-order valence-electron chi connectivity index (χ0n) is 11.0. The number of aromatic nitrogens is 3. The lowest BCUT2D eigenvalue weighted by Crippen LogP contribution is -2.23. The van der Waals surface area contributed by atoms with Gasteiger partial charge in [0.25, 0.3) is 5.89 Å². The second kappa shape index (κ2) is 4.92. The van der Waals surface area contributed by atoms with Crippen molar-refractivity contribution < 1.29 is 14.4 Å². The summed E-state index contributed by atoms with van der Waals surface area (Å²) in [7, 11) is 0. The minimum atomic E-state index is -0.754. The van der Waals surface area contributed by atoms with E-state index in [4.69, 9.17) is 9.63 Å². The van der Waals surface area contributed by atoms with Gasteiger partial charge in [0.05, 0.1) is 5.92 Å². The number of rotatable bonds is 3. The summed E-state index contributed by atoms with van der Waals surface area (Å²) in [6.07, 6.45) is 2.30. The number of carboxylic acid groups (broad SMARTS) is 1. The molecule has 104 valence electrons. The van der Waals surface area contributed by atoms with Crippen LogP contribution in [0.4, 0.5) is 5.82 Å². The van der Waals surface area contributed by atoms with E-state index in [1.165, 1.54) is 0 Å². The largest absolute Gasteiger partial charge is 0.481 e. The third-order valence-electron chi connectivity index (χ3n) is 3.38. The number of nitrogens with zero attached hydrogens (tertiary/aromatic N) is 4.